The molecule has 0 unspecified atom stereocenters. The summed E-state index contributed by atoms with van der Waals surface area (Å²) in [5.74, 6) is -0.501. The van der Waals surface area contributed by atoms with Crippen molar-refractivity contribution in [1.82, 2.24) is 5.16 Å². The van der Waals surface area contributed by atoms with Gasteiger partial charge in [0.15, 0.2) is 0 Å². The number of hydrogen-bond donors (Lipinski definition) is 2. The molecule has 0 aliphatic rings. The van der Waals surface area contributed by atoms with Gasteiger partial charge in [-0.05, 0) is 36.8 Å². The number of amides is 2. The summed E-state index contributed by atoms with van der Waals surface area (Å²) in [6.45, 7) is 1.63. The molecule has 3 aromatic rings. The standard InChI is InChI=1S/C19H15Cl2N3O3/c1-10-16(18(24-27-10)17-13(20)3-2-4-14(17)21)19(26)23-12-7-5-11(6-8-12)9-15(22)25/h2-8H,9H2,1H3,(H2,22,25)(H,23,26). The van der Waals surface area contributed by atoms with Gasteiger partial charge < -0.3 is 15.6 Å². The molecule has 3 rings (SSSR count). The largest absolute Gasteiger partial charge is 0.369 e. The number of benzene rings is 2. The summed E-state index contributed by atoms with van der Waals surface area (Å²) in [6.07, 6.45) is 0.133. The van der Waals surface area contributed by atoms with Crippen LogP contribution in [0.25, 0.3) is 11.3 Å². The summed E-state index contributed by atoms with van der Waals surface area (Å²) in [5, 5.41) is 7.46. The average molecular weight is 404 g/mol. The van der Waals surface area contributed by atoms with E-state index in [1.165, 1.54) is 0 Å². The first kappa shape index (κ1) is 18.9. The van der Waals surface area contributed by atoms with Gasteiger partial charge in [0.25, 0.3) is 5.91 Å². The average Bonchev–Trinajstić information content (AvgIpc) is 2.97. The first-order valence-corrected chi connectivity index (χ1v) is 8.71. The quantitative estimate of drug-likeness (QED) is 0.665. The lowest BCUT2D eigenvalue weighted by Gasteiger charge is -2.08. The van der Waals surface area contributed by atoms with Crippen molar-refractivity contribution in [1.29, 1.82) is 0 Å². The number of anilines is 1. The molecule has 1 heterocycles. The molecule has 0 bridgehead atoms. The SMILES string of the molecule is Cc1onc(-c2c(Cl)cccc2Cl)c1C(=O)Nc1ccc(CC(N)=O)cc1. The fraction of sp³-hybridized carbons (Fsp3) is 0.105. The van der Waals surface area contributed by atoms with Crippen LogP contribution in [0, 0.1) is 6.92 Å². The molecule has 1 aromatic heterocycles. The van der Waals surface area contributed by atoms with Crippen LogP contribution in [0.5, 0.6) is 0 Å². The molecule has 6 nitrogen and oxygen atoms in total. The van der Waals surface area contributed by atoms with Crippen LogP contribution in [-0.2, 0) is 11.2 Å². The van der Waals surface area contributed by atoms with Gasteiger partial charge in [0, 0.05) is 11.3 Å². The maximum absolute atomic E-state index is 12.8. The Morgan fingerprint density at radius 1 is 1.11 bits per heavy atom. The van der Waals surface area contributed by atoms with E-state index in [0.717, 1.165) is 5.56 Å². The number of rotatable bonds is 5. The highest BCUT2D eigenvalue weighted by Crippen LogP contribution is 2.36. The maximum Gasteiger partial charge on any atom is 0.261 e. The number of primary amides is 1. The van der Waals surface area contributed by atoms with Crippen LogP contribution in [0.3, 0.4) is 0 Å². The number of hydrogen-bond acceptors (Lipinski definition) is 4. The lowest BCUT2D eigenvalue weighted by atomic mass is 10.1. The van der Waals surface area contributed by atoms with Crippen molar-refractivity contribution in [2.45, 2.75) is 13.3 Å². The van der Waals surface area contributed by atoms with Crippen LogP contribution < -0.4 is 11.1 Å². The molecule has 2 amide bonds. The van der Waals surface area contributed by atoms with Gasteiger partial charge in [0.2, 0.25) is 5.91 Å². The fourth-order valence-corrected chi connectivity index (χ4v) is 3.21. The normalized spacial score (nSPS) is 10.6. The highest BCUT2D eigenvalue weighted by Gasteiger charge is 2.24. The second-order valence-electron chi connectivity index (χ2n) is 5.85. The van der Waals surface area contributed by atoms with Crippen LogP contribution in [0.1, 0.15) is 21.7 Å². The molecule has 0 radical (unpaired) electrons. The van der Waals surface area contributed by atoms with Crippen molar-refractivity contribution in [3.05, 3.63) is 69.4 Å². The van der Waals surface area contributed by atoms with E-state index in [1.54, 1.807) is 49.4 Å². The topological polar surface area (TPSA) is 98.2 Å². The highest BCUT2D eigenvalue weighted by molar-refractivity contribution is 6.39. The molecular weight excluding hydrogens is 389 g/mol. The second-order valence-corrected chi connectivity index (χ2v) is 6.67. The molecule has 0 atom stereocenters. The summed E-state index contributed by atoms with van der Waals surface area (Å²) in [7, 11) is 0. The molecule has 0 aliphatic heterocycles. The Labute approximate surface area is 165 Å². The molecule has 27 heavy (non-hydrogen) atoms. The number of aryl methyl sites for hydroxylation is 1. The van der Waals surface area contributed by atoms with Gasteiger partial charge in [-0.1, -0.05) is 46.6 Å². The summed E-state index contributed by atoms with van der Waals surface area (Å²) in [5.41, 5.74) is 7.42. The van der Waals surface area contributed by atoms with E-state index >= 15 is 0 Å². The third-order valence-electron chi connectivity index (χ3n) is 3.88. The molecule has 0 spiro atoms. The number of nitrogens with two attached hydrogens (primary N) is 1. The van der Waals surface area contributed by atoms with E-state index in [-0.39, 0.29) is 17.7 Å². The van der Waals surface area contributed by atoms with Gasteiger partial charge in [-0.15, -0.1) is 0 Å². The molecule has 3 N–H and O–H groups in total. The van der Waals surface area contributed by atoms with Gasteiger partial charge in [0.05, 0.1) is 16.5 Å². The van der Waals surface area contributed by atoms with E-state index in [0.29, 0.717) is 27.1 Å². The molecule has 0 aliphatic carbocycles. The van der Waals surface area contributed by atoms with Gasteiger partial charge in [-0.25, -0.2) is 0 Å². The van der Waals surface area contributed by atoms with Crippen LogP contribution in [0.2, 0.25) is 10.0 Å². The van der Waals surface area contributed by atoms with Crippen molar-refractivity contribution in [3.63, 3.8) is 0 Å². The number of aromatic nitrogens is 1. The first-order valence-electron chi connectivity index (χ1n) is 7.96. The number of carbonyl (C=O) groups excluding carboxylic acids is 2. The lowest BCUT2D eigenvalue weighted by molar-refractivity contribution is -0.117. The smallest absolute Gasteiger partial charge is 0.261 e. The first-order chi connectivity index (χ1) is 12.9. The van der Waals surface area contributed by atoms with E-state index in [1.807, 2.05) is 0 Å². The zero-order valence-electron chi connectivity index (χ0n) is 14.3. The van der Waals surface area contributed by atoms with Crippen molar-refractivity contribution in [2.24, 2.45) is 5.73 Å². The Balaban J connectivity index is 1.90. The Bertz CT molecular complexity index is 993. The van der Waals surface area contributed by atoms with E-state index in [4.69, 9.17) is 33.5 Å². The minimum Gasteiger partial charge on any atom is -0.369 e. The van der Waals surface area contributed by atoms with Crippen molar-refractivity contribution < 1.29 is 14.1 Å². The lowest BCUT2D eigenvalue weighted by Crippen LogP contribution is -2.15. The van der Waals surface area contributed by atoms with E-state index in [9.17, 15) is 9.59 Å². The van der Waals surface area contributed by atoms with E-state index < -0.39 is 11.8 Å². The second kappa shape index (κ2) is 7.82. The molecule has 0 saturated heterocycles. The molecule has 2 aromatic carbocycles. The van der Waals surface area contributed by atoms with Crippen molar-refractivity contribution in [3.8, 4) is 11.3 Å². The molecule has 0 saturated carbocycles. The van der Waals surface area contributed by atoms with Crippen LogP contribution in [0.4, 0.5) is 5.69 Å². The van der Waals surface area contributed by atoms with Crippen LogP contribution in [0.15, 0.2) is 47.0 Å². The van der Waals surface area contributed by atoms with Gasteiger partial charge in [-0.2, -0.15) is 0 Å². The summed E-state index contributed by atoms with van der Waals surface area (Å²) in [4.78, 5) is 23.8. The minimum absolute atomic E-state index is 0.133. The molecule has 8 heteroatoms. The number of halogens is 2. The van der Waals surface area contributed by atoms with E-state index in [2.05, 4.69) is 10.5 Å². The van der Waals surface area contributed by atoms with Crippen molar-refractivity contribution >= 4 is 40.7 Å². The predicted octanol–water partition coefficient (Wildman–Crippen LogP) is 4.24. The molecular formula is C19H15Cl2N3O3. The Kier molecular flexibility index (Phi) is 5.48. The van der Waals surface area contributed by atoms with Crippen LogP contribution in [-0.4, -0.2) is 17.0 Å². The molecule has 0 fully saturated rings. The summed E-state index contributed by atoms with van der Waals surface area (Å²) < 4.78 is 5.20. The van der Waals surface area contributed by atoms with Crippen molar-refractivity contribution in [2.75, 3.05) is 5.32 Å². The van der Waals surface area contributed by atoms with Gasteiger partial charge in [-0.3, -0.25) is 9.59 Å². The Morgan fingerprint density at radius 3 is 2.33 bits per heavy atom. The fourth-order valence-electron chi connectivity index (χ4n) is 2.63. The van der Waals surface area contributed by atoms with Gasteiger partial charge >= 0.3 is 0 Å². The number of nitrogens with zero attached hydrogens (tertiary/aromatic N) is 1. The Morgan fingerprint density at radius 2 is 1.74 bits per heavy atom. The number of nitrogens with one attached hydrogen (secondary N) is 1. The monoisotopic (exact) mass is 403 g/mol. The maximum atomic E-state index is 12.8. The third kappa shape index (κ3) is 4.13. The molecule has 138 valence electrons. The minimum atomic E-state index is -0.423. The summed E-state index contributed by atoms with van der Waals surface area (Å²) in [6, 6.07) is 11.8. The van der Waals surface area contributed by atoms with Gasteiger partial charge in [0.1, 0.15) is 17.0 Å². The predicted molar refractivity (Wildman–Crippen MR) is 104 cm³/mol. The zero-order valence-corrected chi connectivity index (χ0v) is 15.8. The zero-order chi connectivity index (χ0) is 19.6. The highest BCUT2D eigenvalue weighted by atomic mass is 35.5. The number of carbonyl (C=O) groups is 2. The third-order valence-corrected chi connectivity index (χ3v) is 4.51. The Hall–Kier alpha value is -2.83. The summed E-state index contributed by atoms with van der Waals surface area (Å²) >= 11 is 12.5. The van der Waals surface area contributed by atoms with Crippen LogP contribution >= 0.6 is 23.2 Å².